The summed E-state index contributed by atoms with van der Waals surface area (Å²) in [7, 11) is 1.46. The van der Waals surface area contributed by atoms with Gasteiger partial charge in [-0.3, -0.25) is 0 Å². The molecule has 0 bridgehead atoms. The average molecular weight is 287 g/mol. The molecule has 3 rings (SSSR count). The SMILES string of the molecule is COc1ccc(C(O)Cc2nc3ccccc3o2)c(F)c1. The molecule has 0 amide bonds. The number of aromatic nitrogens is 1. The van der Waals surface area contributed by atoms with E-state index in [1.807, 2.05) is 18.2 Å². The lowest BCUT2D eigenvalue weighted by molar-refractivity contribution is 0.164. The van der Waals surface area contributed by atoms with Gasteiger partial charge in [0, 0.05) is 11.6 Å². The molecule has 21 heavy (non-hydrogen) atoms. The topological polar surface area (TPSA) is 55.5 Å². The van der Waals surface area contributed by atoms with Crippen molar-refractivity contribution >= 4 is 11.1 Å². The van der Waals surface area contributed by atoms with E-state index in [4.69, 9.17) is 9.15 Å². The van der Waals surface area contributed by atoms with Crippen molar-refractivity contribution in [1.82, 2.24) is 4.98 Å². The fraction of sp³-hybridized carbons (Fsp3) is 0.188. The molecule has 1 aromatic heterocycles. The predicted molar refractivity (Wildman–Crippen MR) is 75.6 cm³/mol. The molecule has 0 radical (unpaired) electrons. The molecule has 2 aromatic carbocycles. The van der Waals surface area contributed by atoms with Gasteiger partial charge in [0.25, 0.3) is 0 Å². The molecule has 0 aliphatic rings. The summed E-state index contributed by atoms with van der Waals surface area (Å²) in [5.74, 6) is 0.266. The predicted octanol–water partition coefficient (Wildman–Crippen LogP) is 3.25. The fourth-order valence-electron chi connectivity index (χ4n) is 2.19. The molecule has 1 unspecified atom stereocenters. The van der Waals surface area contributed by atoms with Gasteiger partial charge in [0.1, 0.15) is 17.1 Å². The number of aliphatic hydroxyl groups excluding tert-OH is 1. The molecule has 0 fully saturated rings. The number of halogens is 1. The molecule has 0 spiro atoms. The quantitative estimate of drug-likeness (QED) is 0.800. The number of para-hydroxylation sites is 2. The van der Waals surface area contributed by atoms with Gasteiger partial charge < -0.3 is 14.3 Å². The summed E-state index contributed by atoms with van der Waals surface area (Å²) in [6.45, 7) is 0. The Balaban J connectivity index is 1.83. The summed E-state index contributed by atoms with van der Waals surface area (Å²) >= 11 is 0. The molecular formula is C16H14FNO3. The Morgan fingerprint density at radius 1 is 1.29 bits per heavy atom. The van der Waals surface area contributed by atoms with Gasteiger partial charge in [-0.2, -0.15) is 0 Å². The van der Waals surface area contributed by atoms with E-state index in [2.05, 4.69) is 4.98 Å². The van der Waals surface area contributed by atoms with Crippen LogP contribution in [0.15, 0.2) is 46.9 Å². The number of hydrogen-bond acceptors (Lipinski definition) is 4. The van der Waals surface area contributed by atoms with Crippen LogP contribution in [0.2, 0.25) is 0 Å². The third-order valence-electron chi connectivity index (χ3n) is 3.27. The van der Waals surface area contributed by atoms with Crippen LogP contribution in [0.5, 0.6) is 5.75 Å². The van der Waals surface area contributed by atoms with Gasteiger partial charge in [-0.15, -0.1) is 0 Å². The van der Waals surface area contributed by atoms with Crippen LogP contribution in [-0.4, -0.2) is 17.2 Å². The van der Waals surface area contributed by atoms with Crippen molar-refractivity contribution < 1.29 is 18.7 Å². The minimum absolute atomic E-state index is 0.109. The summed E-state index contributed by atoms with van der Waals surface area (Å²) in [5.41, 5.74) is 1.56. The lowest BCUT2D eigenvalue weighted by Gasteiger charge is -2.10. The Morgan fingerprint density at radius 3 is 2.81 bits per heavy atom. The van der Waals surface area contributed by atoms with Crippen LogP contribution < -0.4 is 4.74 Å². The van der Waals surface area contributed by atoms with Crippen molar-refractivity contribution in [3.05, 3.63) is 59.7 Å². The Kier molecular flexibility index (Phi) is 3.58. The zero-order valence-corrected chi connectivity index (χ0v) is 11.4. The highest BCUT2D eigenvalue weighted by Gasteiger charge is 2.17. The number of fused-ring (bicyclic) bond motifs is 1. The van der Waals surface area contributed by atoms with Crippen LogP contribution in [0.1, 0.15) is 17.6 Å². The first-order valence-corrected chi connectivity index (χ1v) is 6.53. The smallest absolute Gasteiger partial charge is 0.198 e. The number of hydrogen-bond donors (Lipinski definition) is 1. The molecule has 3 aromatic rings. The van der Waals surface area contributed by atoms with Crippen LogP contribution in [0.3, 0.4) is 0 Å². The van der Waals surface area contributed by atoms with Crippen molar-refractivity contribution in [3.63, 3.8) is 0 Å². The van der Waals surface area contributed by atoms with Gasteiger partial charge in [-0.05, 0) is 24.3 Å². The van der Waals surface area contributed by atoms with E-state index in [0.717, 1.165) is 5.52 Å². The van der Waals surface area contributed by atoms with Crippen molar-refractivity contribution in [2.24, 2.45) is 0 Å². The zero-order valence-electron chi connectivity index (χ0n) is 11.4. The van der Waals surface area contributed by atoms with Crippen LogP contribution >= 0.6 is 0 Å². The van der Waals surface area contributed by atoms with Gasteiger partial charge >= 0.3 is 0 Å². The largest absolute Gasteiger partial charge is 0.497 e. The summed E-state index contributed by atoms with van der Waals surface area (Å²) in [6.07, 6.45) is -0.915. The molecule has 0 aliphatic heterocycles. The third-order valence-corrected chi connectivity index (χ3v) is 3.27. The lowest BCUT2D eigenvalue weighted by Crippen LogP contribution is -2.05. The lowest BCUT2D eigenvalue weighted by atomic mass is 10.1. The number of nitrogens with zero attached hydrogens (tertiary/aromatic N) is 1. The van der Waals surface area contributed by atoms with E-state index in [-0.39, 0.29) is 12.0 Å². The van der Waals surface area contributed by atoms with Crippen molar-refractivity contribution in [2.45, 2.75) is 12.5 Å². The first kappa shape index (κ1) is 13.6. The number of oxazole rings is 1. The second-order valence-electron chi connectivity index (χ2n) is 4.68. The maximum atomic E-state index is 13.9. The normalized spacial score (nSPS) is 12.5. The van der Waals surface area contributed by atoms with Crippen molar-refractivity contribution in [3.8, 4) is 5.75 Å². The molecule has 0 saturated heterocycles. The number of benzene rings is 2. The highest BCUT2D eigenvalue weighted by Crippen LogP contribution is 2.25. The van der Waals surface area contributed by atoms with Gasteiger partial charge in [0.15, 0.2) is 11.5 Å². The van der Waals surface area contributed by atoms with E-state index in [9.17, 15) is 9.50 Å². The summed E-state index contributed by atoms with van der Waals surface area (Å²) in [6, 6.07) is 11.7. The molecule has 0 aliphatic carbocycles. The van der Waals surface area contributed by atoms with E-state index in [0.29, 0.717) is 17.2 Å². The average Bonchev–Trinajstić information content (AvgIpc) is 2.88. The number of aliphatic hydroxyl groups is 1. The van der Waals surface area contributed by atoms with Gasteiger partial charge in [0.2, 0.25) is 0 Å². The number of ether oxygens (including phenoxy) is 1. The van der Waals surface area contributed by atoms with E-state index >= 15 is 0 Å². The molecule has 108 valence electrons. The van der Waals surface area contributed by atoms with Crippen LogP contribution in [0, 0.1) is 5.82 Å². The third kappa shape index (κ3) is 2.73. The van der Waals surface area contributed by atoms with Crippen LogP contribution in [0.25, 0.3) is 11.1 Å². The number of methoxy groups -OCH3 is 1. The van der Waals surface area contributed by atoms with Crippen molar-refractivity contribution in [2.75, 3.05) is 7.11 Å². The number of rotatable bonds is 4. The Morgan fingerprint density at radius 2 is 2.10 bits per heavy atom. The maximum Gasteiger partial charge on any atom is 0.198 e. The van der Waals surface area contributed by atoms with E-state index < -0.39 is 11.9 Å². The zero-order chi connectivity index (χ0) is 14.8. The molecular weight excluding hydrogens is 273 g/mol. The summed E-state index contributed by atoms with van der Waals surface area (Å²) < 4.78 is 24.4. The van der Waals surface area contributed by atoms with Crippen LogP contribution in [-0.2, 0) is 6.42 Å². The minimum Gasteiger partial charge on any atom is -0.497 e. The second kappa shape index (κ2) is 5.54. The highest BCUT2D eigenvalue weighted by molar-refractivity contribution is 5.72. The molecule has 5 heteroatoms. The Bertz CT molecular complexity index is 736. The van der Waals surface area contributed by atoms with E-state index in [1.54, 1.807) is 12.1 Å². The Hall–Kier alpha value is -2.40. The maximum absolute atomic E-state index is 13.9. The molecule has 1 atom stereocenters. The first-order chi connectivity index (χ1) is 10.2. The van der Waals surface area contributed by atoms with Gasteiger partial charge in [0.05, 0.1) is 19.6 Å². The summed E-state index contributed by atoms with van der Waals surface area (Å²) in [4.78, 5) is 4.27. The van der Waals surface area contributed by atoms with Gasteiger partial charge in [-0.25, -0.2) is 9.37 Å². The standard InChI is InChI=1S/C16H14FNO3/c1-20-10-6-7-11(12(17)8-10)14(19)9-16-18-13-4-2-3-5-15(13)21-16/h2-8,14,19H,9H2,1H3. The Labute approximate surface area is 120 Å². The highest BCUT2D eigenvalue weighted by atomic mass is 19.1. The molecule has 1 heterocycles. The van der Waals surface area contributed by atoms with Crippen molar-refractivity contribution in [1.29, 1.82) is 0 Å². The van der Waals surface area contributed by atoms with E-state index in [1.165, 1.54) is 19.2 Å². The summed E-state index contributed by atoms with van der Waals surface area (Å²) in [5, 5.41) is 10.2. The molecule has 0 saturated carbocycles. The fourth-order valence-corrected chi connectivity index (χ4v) is 2.19. The molecule has 4 nitrogen and oxygen atoms in total. The van der Waals surface area contributed by atoms with Gasteiger partial charge in [-0.1, -0.05) is 12.1 Å². The second-order valence-corrected chi connectivity index (χ2v) is 4.68. The minimum atomic E-state index is -1.02. The monoisotopic (exact) mass is 287 g/mol. The van der Waals surface area contributed by atoms with Crippen LogP contribution in [0.4, 0.5) is 4.39 Å². The molecule has 1 N–H and O–H groups in total. The first-order valence-electron chi connectivity index (χ1n) is 6.53.